The highest BCUT2D eigenvalue weighted by Gasteiger charge is 2.42. The van der Waals surface area contributed by atoms with Crippen molar-refractivity contribution in [2.24, 2.45) is 0 Å². The average Bonchev–Trinajstić information content (AvgIpc) is 2.87. The maximum absolute atomic E-state index is 13.5. The molecule has 1 unspecified atom stereocenters. The quantitative estimate of drug-likeness (QED) is 0.774. The Morgan fingerprint density at radius 2 is 2.00 bits per heavy atom. The molecule has 2 atom stereocenters. The number of nitrogens with one attached hydrogen (secondary N) is 2. The number of piperazine rings is 1. The molecule has 2 aliphatic rings. The first-order valence-electron chi connectivity index (χ1n) is 8.83. The van der Waals surface area contributed by atoms with Crippen molar-refractivity contribution in [2.75, 3.05) is 24.5 Å². The van der Waals surface area contributed by atoms with Crippen LogP contribution in [0.25, 0.3) is 0 Å². The summed E-state index contributed by atoms with van der Waals surface area (Å²) < 4.78 is 26.6. The molecule has 146 valence electrons. The Kier molecular flexibility index (Phi) is 5.03. The first-order valence-corrected chi connectivity index (χ1v) is 8.83. The van der Waals surface area contributed by atoms with Crippen molar-refractivity contribution in [3.05, 3.63) is 29.8 Å². The van der Waals surface area contributed by atoms with Gasteiger partial charge in [-0.15, -0.1) is 0 Å². The zero-order valence-electron chi connectivity index (χ0n) is 15.2. The molecule has 3 rings (SSSR count). The third kappa shape index (κ3) is 3.86. The molecular formula is C18H22F2N4O3. The Bertz CT molecular complexity index is 788. The molecule has 1 aromatic carbocycles. The fraction of sp³-hybridized carbons (Fsp3) is 0.500. The summed E-state index contributed by atoms with van der Waals surface area (Å²) in [6.07, 6.45) is 0.337. The normalized spacial score (nSPS) is 25.4. The minimum Gasteiger partial charge on any atom is -0.365 e. The van der Waals surface area contributed by atoms with Crippen LogP contribution >= 0.6 is 0 Å². The van der Waals surface area contributed by atoms with Gasteiger partial charge in [-0.1, -0.05) is 0 Å². The summed E-state index contributed by atoms with van der Waals surface area (Å²) in [5.74, 6) is -2.33. The van der Waals surface area contributed by atoms with Crippen LogP contribution in [0.4, 0.5) is 19.3 Å². The number of carbonyl (C=O) groups is 3. The molecule has 7 nitrogen and oxygen atoms in total. The Labute approximate surface area is 155 Å². The molecule has 0 aromatic heterocycles. The van der Waals surface area contributed by atoms with Crippen molar-refractivity contribution in [1.29, 1.82) is 0 Å². The van der Waals surface area contributed by atoms with Crippen LogP contribution in [0.5, 0.6) is 0 Å². The molecule has 0 radical (unpaired) electrons. The van der Waals surface area contributed by atoms with Gasteiger partial charge in [-0.05, 0) is 32.4 Å². The molecule has 0 aliphatic carbocycles. The molecule has 2 heterocycles. The van der Waals surface area contributed by atoms with Crippen LogP contribution in [0.2, 0.25) is 0 Å². The van der Waals surface area contributed by atoms with Gasteiger partial charge in [-0.2, -0.15) is 0 Å². The smallest absolute Gasteiger partial charge is 0.322 e. The van der Waals surface area contributed by atoms with E-state index in [9.17, 15) is 23.2 Å². The van der Waals surface area contributed by atoms with Crippen molar-refractivity contribution >= 4 is 23.5 Å². The molecule has 2 saturated heterocycles. The van der Waals surface area contributed by atoms with Crippen LogP contribution < -0.4 is 15.5 Å². The molecule has 4 amide bonds. The first kappa shape index (κ1) is 19.1. The number of imide groups is 1. The Balaban J connectivity index is 1.57. The van der Waals surface area contributed by atoms with Crippen LogP contribution in [0, 0.1) is 11.6 Å². The van der Waals surface area contributed by atoms with Crippen molar-refractivity contribution in [2.45, 2.75) is 38.3 Å². The van der Waals surface area contributed by atoms with Crippen LogP contribution in [0.15, 0.2) is 18.2 Å². The van der Waals surface area contributed by atoms with Gasteiger partial charge >= 0.3 is 6.03 Å². The Morgan fingerprint density at radius 3 is 2.59 bits per heavy atom. The standard InChI is InChI=1S/C18H22F2N4O3/c1-11-10-23(7-8-24(11)12-3-4-13(19)14(20)9-12)15(25)5-6-18(2)16(26)21-17(27)22-18/h3-4,9,11H,5-8,10H2,1-2H3,(H2,21,22,26,27)/t11-,18?/m0/s1. The van der Waals surface area contributed by atoms with Crippen molar-refractivity contribution in [1.82, 2.24) is 15.5 Å². The summed E-state index contributed by atoms with van der Waals surface area (Å²) >= 11 is 0. The molecule has 9 heteroatoms. The fourth-order valence-electron chi connectivity index (χ4n) is 3.50. The van der Waals surface area contributed by atoms with E-state index in [1.807, 2.05) is 11.8 Å². The second-order valence-corrected chi connectivity index (χ2v) is 7.22. The van der Waals surface area contributed by atoms with Crippen molar-refractivity contribution in [3.8, 4) is 0 Å². The molecule has 2 N–H and O–H groups in total. The van der Waals surface area contributed by atoms with Crippen LogP contribution in [-0.2, 0) is 9.59 Å². The molecular weight excluding hydrogens is 358 g/mol. The summed E-state index contributed by atoms with van der Waals surface area (Å²) in [7, 11) is 0. The van der Waals surface area contributed by atoms with Gasteiger partial charge in [0.1, 0.15) is 5.54 Å². The van der Waals surface area contributed by atoms with E-state index in [0.717, 1.165) is 12.1 Å². The third-order valence-corrected chi connectivity index (χ3v) is 5.17. The van der Waals surface area contributed by atoms with Gasteiger partial charge in [-0.3, -0.25) is 14.9 Å². The van der Waals surface area contributed by atoms with Crippen LogP contribution in [0.1, 0.15) is 26.7 Å². The lowest BCUT2D eigenvalue weighted by Crippen LogP contribution is -2.54. The fourth-order valence-corrected chi connectivity index (χ4v) is 3.50. The van der Waals surface area contributed by atoms with Gasteiger partial charge in [-0.25, -0.2) is 13.6 Å². The van der Waals surface area contributed by atoms with Gasteiger partial charge in [0.15, 0.2) is 11.6 Å². The highest BCUT2D eigenvalue weighted by molar-refractivity contribution is 6.06. The number of nitrogens with zero attached hydrogens (tertiary/aromatic N) is 2. The second kappa shape index (κ2) is 7.13. The van der Waals surface area contributed by atoms with E-state index in [-0.39, 0.29) is 24.8 Å². The molecule has 0 spiro atoms. The molecule has 0 bridgehead atoms. The van der Waals surface area contributed by atoms with E-state index < -0.39 is 29.1 Å². The summed E-state index contributed by atoms with van der Waals surface area (Å²) in [6.45, 7) is 4.87. The van der Waals surface area contributed by atoms with E-state index in [1.165, 1.54) is 6.07 Å². The SMILES string of the molecule is C[C@H]1CN(C(=O)CCC2(C)NC(=O)NC2=O)CCN1c1ccc(F)c(F)c1. The number of anilines is 1. The third-order valence-electron chi connectivity index (χ3n) is 5.17. The van der Waals surface area contributed by atoms with Crippen LogP contribution in [0.3, 0.4) is 0 Å². The first-order chi connectivity index (χ1) is 12.7. The largest absolute Gasteiger partial charge is 0.365 e. The van der Waals surface area contributed by atoms with Crippen molar-refractivity contribution < 1.29 is 23.2 Å². The zero-order chi connectivity index (χ0) is 19.8. The summed E-state index contributed by atoms with van der Waals surface area (Å²) in [5.41, 5.74) is -0.502. The number of amides is 4. The van der Waals surface area contributed by atoms with Gasteiger partial charge in [0, 0.05) is 43.9 Å². The predicted octanol–water partition coefficient (Wildman–Crippen LogP) is 1.38. The Morgan fingerprint density at radius 1 is 1.26 bits per heavy atom. The second-order valence-electron chi connectivity index (χ2n) is 7.22. The molecule has 1 aromatic rings. The number of halogens is 2. The molecule has 27 heavy (non-hydrogen) atoms. The van der Waals surface area contributed by atoms with Gasteiger partial charge < -0.3 is 15.1 Å². The van der Waals surface area contributed by atoms with Gasteiger partial charge in [0.05, 0.1) is 0 Å². The number of hydrogen-bond donors (Lipinski definition) is 2. The number of hydrogen-bond acceptors (Lipinski definition) is 4. The highest BCUT2D eigenvalue weighted by atomic mass is 19.2. The van der Waals surface area contributed by atoms with Gasteiger partial charge in [0.25, 0.3) is 5.91 Å². The van der Waals surface area contributed by atoms with Crippen LogP contribution in [-0.4, -0.2) is 54.0 Å². The monoisotopic (exact) mass is 380 g/mol. The average molecular weight is 380 g/mol. The number of rotatable bonds is 4. The topological polar surface area (TPSA) is 81.8 Å². The summed E-state index contributed by atoms with van der Waals surface area (Å²) in [4.78, 5) is 39.2. The number of urea groups is 1. The summed E-state index contributed by atoms with van der Waals surface area (Å²) in [6, 6.07) is 3.15. The Hall–Kier alpha value is -2.71. The number of benzene rings is 1. The molecule has 0 saturated carbocycles. The predicted molar refractivity (Wildman–Crippen MR) is 94.1 cm³/mol. The van der Waals surface area contributed by atoms with E-state index in [0.29, 0.717) is 25.3 Å². The molecule has 2 aliphatic heterocycles. The van der Waals surface area contributed by atoms with E-state index >= 15 is 0 Å². The number of carbonyl (C=O) groups excluding carboxylic acids is 3. The summed E-state index contributed by atoms with van der Waals surface area (Å²) in [5, 5.41) is 4.71. The maximum atomic E-state index is 13.5. The van der Waals surface area contributed by atoms with E-state index in [4.69, 9.17) is 0 Å². The van der Waals surface area contributed by atoms with E-state index in [1.54, 1.807) is 11.8 Å². The maximum Gasteiger partial charge on any atom is 0.322 e. The lowest BCUT2D eigenvalue weighted by atomic mass is 9.95. The minimum absolute atomic E-state index is 0.0716. The minimum atomic E-state index is -1.08. The lowest BCUT2D eigenvalue weighted by molar-refractivity contribution is -0.132. The highest BCUT2D eigenvalue weighted by Crippen LogP contribution is 2.24. The lowest BCUT2D eigenvalue weighted by Gasteiger charge is -2.41. The van der Waals surface area contributed by atoms with Gasteiger partial charge in [0.2, 0.25) is 5.91 Å². The van der Waals surface area contributed by atoms with E-state index in [2.05, 4.69) is 10.6 Å². The van der Waals surface area contributed by atoms with Crippen molar-refractivity contribution in [3.63, 3.8) is 0 Å². The molecule has 2 fully saturated rings. The zero-order valence-corrected chi connectivity index (χ0v) is 15.2.